The average Bonchev–Trinajstić information content (AvgIpc) is 2.84. The van der Waals surface area contributed by atoms with Gasteiger partial charge in [0, 0.05) is 17.0 Å². The van der Waals surface area contributed by atoms with Gasteiger partial charge in [0.2, 0.25) is 0 Å². The van der Waals surface area contributed by atoms with Gasteiger partial charge >= 0.3 is 0 Å². The van der Waals surface area contributed by atoms with E-state index < -0.39 is 0 Å². The van der Waals surface area contributed by atoms with E-state index >= 15 is 0 Å². The summed E-state index contributed by atoms with van der Waals surface area (Å²) in [5.41, 5.74) is 5.06. The molecule has 4 heteroatoms. The van der Waals surface area contributed by atoms with Crippen LogP contribution in [0, 0.1) is 0 Å². The monoisotopic (exact) mass is 280 g/mol. The summed E-state index contributed by atoms with van der Waals surface area (Å²) in [5.74, 6) is -0.153. The average molecular weight is 280 g/mol. The SMILES string of the molecule is O=COCC1c2cc(C=O)ccc2-c2ccc(C=O)cc21. The van der Waals surface area contributed by atoms with Crippen molar-refractivity contribution in [2.45, 2.75) is 5.92 Å². The van der Waals surface area contributed by atoms with E-state index in [1.807, 2.05) is 24.3 Å². The third-order valence-corrected chi connectivity index (χ3v) is 3.80. The van der Waals surface area contributed by atoms with Crippen LogP contribution in [0.5, 0.6) is 0 Å². The van der Waals surface area contributed by atoms with Crippen LogP contribution in [-0.4, -0.2) is 25.7 Å². The second-order valence-corrected chi connectivity index (χ2v) is 4.91. The summed E-state index contributed by atoms with van der Waals surface area (Å²) < 4.78 is 4.92. The lowest BCUT2D eigenvalue weighted by Gasteiger charge is -2.12. The Morgan fingerprint density at radius 2 is 1.38 bits per heavy atom. The first-order valence-corrected chi connectivity index (χ1v) is 6.52. The molecule has 1 aliphatic carbocycles. The first-order chi connectivity index (χ1) is 10.3. The largest absolute Gasteiger partial charge is 0.467 e. The van der Waals surface area contributed by atoms with Crippen LogP contribution in [0.15, 0.2) is 36.4 Å². The van der Waals surface area contributed by atoms with Crippen LogP contribution in [-0.2, 0) is 9.53 Å². The molecule has 0 spiro atoms. The van der Waals surface area contributed by atoms with Gasteiger partial charge in [-0.25, -0.2) is 0 Å². The second kappa shape index (κ2) is 5.32. The summed E-state index contributed by atoms with van der Waals surface area (Å²) in [4.78, 5) is 32.4. The summed E-state index contributed by atoms with van der Waals surface area (Å²) in [5, 5.41) is 0. The molecule has 0 unspecified atom stereocenters. The zero-order valence-electron chi connectivity index (χ0n) is 11.1. The number of carbonyl (C=O) groups is 3. The van der Waals surface area contributed by atoms with Crippen LogP contribution in [0.3, 0.4) is 0 Å². The first kappa shape index (κ1) is 13.2. The van der Waals surface area contributed by atoms with Crippen molar-refractivity contribution in [3.63, 3.8) is 0 Å². The van der Waals surface area contributed by atoms with Crippen molar-refractivity contribution in [3.05, 3.63) is 58.7 Å². The number of aldehydes is 2. The number of fused-ring (bicyclic) bond motifs is 3. The number of hydrogen-bond acceptors (Lipinski definition) is 4. The van der Waals surface area contributed by atoms with Crippen molar-refractivity contribution in [2.75, 3.05) is 6.61 Å². The minimum absolute atomic E-state index is 0.153. The highest BCUT2D eigenvalue weighted by molar-refractivity contribution is 5.86. The molecule has 0 saturated heterocycles. The van der Waals surface area contributed by atoms with Crippen LogP contribution in [0.1, 0.15) is 37.8 Å². The molecule has 0 heterocycles. The topological polar surface area (TPSA) is 60.4 Å². The molecule has 0 fully saturated rings. The molecule has 2 aromatic carbocycles. The van der Waals surface area contributed by atoms with Crippen molar-refractivity contribution in [3.8, 4) is 11.1 Å². The molecule has 0 N–H and O–H groups in total. The van der Waals surface area contributed by atoms with Crippen LogP contribution >= 0.6 is 0 Å². The number of rotatable bonds is 5. The second-order valence-electron chi connectivity index (χ2n) is 4.91. The minimum atomic E-state index is -0.153. The van der Waals surface area contributed by atoms with E-state index in [0.29, 0.717) is 17.6 Å². The first-order valence-electron chi connectivity index (χ1n) is 6.52. The van der Waals surface area contributed by atoms with E-state index in [9.17, 15) is 14.4 Å². The third-order valence-electron chi connectivity index (χ3n) is 3.80. The van der Waals surface area contributed by atoms with Gasteiger partial charge in [-0.1, -0.05) is 24.3 Å². The molecule has 2 aromatic rings. The summed E-state index contributed by atoms with van der Waals surface area (Å²) in [6.07, 6.45) is 1.58. The van der Waals surface area contributed by atoms with E-state index in [4.69, 9.17) is 4.74 Å². The van der Waals surface area contributed by atoms with Crippen LogP contribution < -0.4 is 0 Å². The molecule has 0 bridgehead atoms. The third kappa shape index (κ3) is 2.14. The Bertz CT molecular complexity index is 676. The summed E-state index contributed by atoms with van der Waals surface area (Å²) in [6, 6.07) is 10.9. The Hall–Kier alpha value is -2.75. The van der Waals surface area contributed by atoms with Crippen molar-refractivity contribution >= 4 is 19.0 Å². The predicted molar refractivity (Wildman–Crippen MR) is 76.5 cm³/mol. The zero-order valence-corrected chi connectivity index (χ0v) is 11.1. The molecule has 0 amide bonds. The number of ether oxygens (including phenoxy) is 1. The Morgan fingerprint density at radius 1 is 0.857 bits per heavy atom. The standard InChI is InChI=1S/C17H12O4/c18-7-11-1-3-13-14-4-2-12(8-19)6-16(14)17(9-21-10-20)15(13)5-11/h1-8,10,17H,9H2. The highest BCUT2D eigenvalue weighted by Gasteiger charge is 2.29. The molecule has 0 radical (unpaired) electrons. The van der Waals surface area contributed by atoms with Crippen LogP contribution in [0.25, 0.3) is 11.1 Å². The van der Waals surface area contributed by atoms with E-state index in [2.05, 4.69) is 0 Å². The molecule has 4 nitrogen and oxygen atoms in total. The summed E-state index contributed by atoms with van der Waals surface area (Å²) in [6.45, 7) is 0.596. The fourth-order valence-corrected chi connectivity index (χ4v) is 2.86. The van der Waals surface area contributed by atoms with Gasteiger partial charge in [0.15, 0.2) is 0 Å². The van der Waals surface area contributed by atoms with Gasteiger partial charge in [-0.3, -0.25) is 14.4 Å². The van der Waals surface area contributed by atoms with Gasteiger partial charge in [0.25, 0.3) is 6.47 Å². The van der Waals surface area contributed by atoms with Gasteiger partial charge in [0.1, 0.15) is 19.2 Å². The highest BCUT2D eigenvalue weighted by Crippen LogP contribution is 2.45. The maximum Gasteiger partial charge on any atom is 0.293 e. The zero-order chi connectivity index (χ0) is 14.8. The molecular weight excluding hydrogens is 268 g/mol. The molecule has 1 aliphatic rings. The van der Waals surface area contributed by atoms with Crippen LogP contribution in [0.4, 0.5) is 0 Å². The van der Waals surface area contributed by atoms with E-state index in [0.717, 1.165) is 34.8 Å². The molecule has 0 atom stereocenters. The summed E-state index contributed by atoms with van der Waals surface area (Å²) in [7, 11) is 0. The smallest absolute Gasteiger partial charge is 0.293 e. The van der Waals surface area contributed by atoms with Gasteiger partial charge in [-0.15, -0.1) is 0 Å². The lowest BCUT2D eigenvalue weighted by Crippen LogP contribution is -2.06. The van der Waals surface area contributed by atoms with E-state index in [1.54, 1.807) is 12.1 Å². The molecule has 0 aliphatic heterocycles. The van der Waals surface area contributed by atoms with Crippen molar-refractivity contribution in [1.29, 1.82) is 0 Å². The number of benzene rings is 2. The fraction of sp³-hybridized carbons (Fsp3) is 0.118. The predicted octanol–water partition coefficient (Wildman–Crippen LogP) is 2.60. The Kier molecular flexibility index (Phi) is 3.36. The van der Waals surface area contributed by atoms with Crippen molar-refractivity contribution in [1.82, 2.24) is 0 Å². The lowest BCUT2D eigenvalue weighted by atomic mass is 9.96. The molecular formula is C17H12O4. The Morgan fingerprint density at radius 3 is 1.81 bits per heavy atom. The Balaban J connectivity index is 2.17. The quantitative estimate of drug-likeness (QED) is 0.790. The van der Waals surface area contributed by atoms with Crippen molar-refractivity contribution < 1.29 is 19.1 Å². The van der Waals surface area contributed by atoms with Gasteiger partial charge in [-0.05, 0) is 34.4 Å². The number of carbonyl (C=O) groups excluding carboxylic acids is 3. The fourth-order valence-electron chi connectivity index (χ4n) is 2.86. The van der Waals surface area contributed by atoms with E-state index in [-0.39, 0.29) is 12.5 Å². The van der Waals surface area contributed by atoms with Crippen LogP contribution in [0.2, 0.25) is 0 Å². The molecule has 21 heavy (non-hydrogen) atoms. The lowest BCUT2D eigenvalue weighted by molar-refractivity contribution is -0.128. The molecule has 3 rings (SSSR count). The maximum absolute atomic E-state index is 11.0. The van der Waals surface area contributed by atoms with Crippen molar-refractivity contribution in [2.24, 2.45) is 0 Å². The normalized spacial score (nSPS) is 12.4. The Labute approximate surface area is 121 Å². The maximum atomic E-state index is 11.0. The highest BCUT2D eigenvalue weighted by atomic mass is 16.5. The number of hydrogen-bond donors (Lipinski definition) is 0. The molecule has 104 valence electrons. The van der Waals surface area contributed by atoms with Gasteiger partial charge in [0.05, 0.1) is 0 Å². The molecule has 0 aromatic heterocycles. The summed E-state index contributed by atoms with van der Waals surface area (Å²) >= 11 is 0. The van der Waals surface area contributed by atoms with Gasteiger partial charge < -0.3 is 4.74 Å². The van der Waals surface area contributed by atoms with E-state index in [1.165, 1.54) is 0 Å². The molecule has 0 saturated carbocycles. The van der Waals surface area contributed by atoms with Gasteiger partial charge in [-0.2, -0.15) is 0 Å². The minimum Gasteiger partial charge on any atom is -0.467 e.